The zero-order valence-electron chi connectivity index (χ0n) is 13.3. The quantitative estimate of drug-likeness (QED) is 0.709. The van der Waals surface area contributed by atoms with E-state index < -0.39 is 0 Å². The fourth-order valence-corrected chi connectivity index (χ4v) is 3.74. The van der Waals surface area contributed by atoms with Gasteiger partial charge >= 0.3 is 6.03 Å². The van der Waals surface area contributed by atoms with E-state index in [0.29, 0.717) is 17.1 Å². The van der Waals surface area contributed by atoms with Crippen LogP contribution in [0.3, 0.4) is 0 Å². The second kappa shape index (κ2) is 8.35. The molecule has 1 aromatic heterocycles. The summed E-state index contributed by atoms with van der Waals surface area (Å²) in [6, 6.07) is 7.86. The van der Waals surface area contributed by atoms with E-state index in [-0.39, 0.29) is 6.03 Å². The Labute approximate surface area is 150 Å². The van der Waals surface area contributed by atoms with E-state index in [0.717, 1.165) is 29.1 Å². The molecule has 5 nitrogen and oxygen atoms in total. The molecule has 128 valence electrons. The number of thiazole rings is 1. The van der Waals surface area contributed by atoms with Crippen molar-refractivity contribution in [2.45, 2.75) is 44.7 Å². The molecule has 3 N–H and O–H groups in total. The molecule has 1 aliphatic carbocycles. The largest absolute Gasteiger partial charge is 0.380 e. The summed E-state index contributed by atoms with van der Waals surface area (Å²) in [4.78, 5) is 17.1. The van der Waals surface area contributed by atoms with Gasteiger partial charge in [-0.1, -0.05) is 30.9 Å². The lowest BCUT2D eigenvalue weighted by Crippen LogP contribution is -2.38. The Balaban J connectivity index is 1.46. The van der Waals surface area contributed by atoms with Crippen molar-refractivity contribution in [3.63, 3.8) is 0 Å². The van der Waals surface area contributed by atoms with Gasteiger partial charge in [-0.2, -0.15) is 0 Å². The minimum absolute atomic E-state index is 0.123. The van der Waals surface area contributed by atoms with E-state index in [2.05, 4.69) is 20.9 Å². The summed E-state index contributed by atoms with van der Waals surface area (Å²) < 4.78 is 0.551. The standard InChI is InChI=1S/C17H21ClN4OS/c18-16-20-11-15(24-16)10-19-12-6-8-14(9-7-12)22-17(23)21-13-4-2-1-3-5-13/h6-9,11,13,19H,1-5,10H2,(H2,21,22,23). The second-order valence-electron chi connectivity index (χ2n) is 5.94. The van der Waals surface area contributed by atoms with Crippen LogP contribution in [0.1, 0.15) is 37.0 Å². The minimum atomic E-state index is -0.123. The van der Waals surface area contributed by atoms with Crippen molar-refractivity contribution in [1.29, 1.82) is 0 Å². The van der Waals surface area contributed by atoms with Gasteiger partial charge in [-0.15, -0.1) is 11.3 Å². The first-order valence-electron chi connectivity index (χ1n) is 8.21. The number of benzene rings is 1. The molecule has 2 amide bonds. The predicted octanol–water partition coefficient (Wildman–Crippen LogP) is 4.86. The molecule has 24 heavy (non-hydrogen) atoms. The minimum Gasteiger partial charge on any atom is -0.380 e. The van der Waals surface area contributed by atoms with Crippen LogP contribution in [0.2, 0.25) is 4.47 Å². The monoisotopic (exact) mass is 364 g/mol. The smallest absolute Gasteiger partial charge is 0.319 e. The lowest BCUT2D eigenvalue weighted by Gasteiger charge is -2.22. The third-order valence-corrected chi connectivity index (χ3v) is 5.19. The number of hydrogen-bond acceptors (Lipinski definition) is 4. The van der Waals surface area contributed by atoms with Crippen molar-refractivity contribution in [3.8, 4) is 0 Å². The molecule has 0 saturated heterocycles. The molecule has 1 heterocycles. The number of amides is 2. The van der Waals surface area contributed by atoms with Crippen LogP contribution in [0.25, 0.3) is 0 Å². The maximum atomic E-state index is 12.0. The van der Waals surface area contributed by atoms with Gasteiger partial charge in [0.2, 0.25) is 0 Å². The summed E-state index contributed by atoms with van der Waals surface area (Å²) in [5.74, 6) is 0. The van der Waals surface area contributed by atoms with E-state index >= 15 is 0 Å². The normalized spacial score (nSPS) is 15.0. The first kappa shape index (κ1) is 17.0. The van der Waals surface area contributed by atoms with Crippen LogP contribution < -0.4 is 16.0 Å². The molecular formula is C17H21ClN4OS. The number of carbonyl (C=O) groups is 1. The highest BCUT2D eigenvalue weighted by Gasteiger charge is 2.15. The number of hydrogen-bond donors (Lipinski definition) is 3. The summed E-state index contributed by atoms with van der Waals surface area (Å²) in [5, 5.41) is 9.24. The van der Waals surface area contributed by atoms with Crippen molar-refractivity contribution in [3.05, 3.63) is 39.8 Å². The van der Waals surface area contributed by atoms with Crippen LogP contribution in [-0.4, -0.2) is 17.1 Å². The SMILES string of the molecule is O=C(Nc1ccc(NCc2cnc(Cl)s2)cc1)NC1CCCCC1. The Bertz CT molecular complexity index is 667. The molecule has 0 bridgehead atoms. The van der Waals surface area contributed by atoms with E-state index in [1.54, 1.807) is 6.20 Å². The number of halogens is 1. The first-order chi connectivity index (χ1) is 11.7. The fraction of sp³-hybridized carbons (Fsp3) is 0.412. The van der Waals surface area contributed by atoms with Crippen LogP contribution in [0.15, 0.2) is 30.5 Å². The van der Waals surface area contributed by atoms with Gasteiger partial charge in [0.1, 0.15) is 0 Å². The van der Waals surface area contributed by atoms with E-state index in [4.69, 9.17) is 11.6 Å². The Morgan fingerprint density at radius 3 is 2.54 bits per heavy atom. The molecule has 0 aliphatic heterocycles. The molecule has 0 atom stereocenters. The predicted molar refractivity (Wildman–Crippen MR) is 99.9 cm³/mol. The highest BCUT2D eigenvalue weighted by molar-refractivity contribution is 7.15. The maximum Gasteiger partial charge on any atom is 0.319 e. The molecule has 1 saturated carbocycles. The molecular weight excluding hydrogens is 344 g/mol. The molecule has 0 spiro atoms. The zero-order valence-corrected chi connectivity index (χ0v) is 14.9. The number of anilines is 2. The number of rotatable bonds is 5. The van der Waals surface area contributed by atoms with Crippen LogP contribution in [0.5, 0.6) is 0 Å². The number of urea groups is 1. The molecule has 0 unspecified atom stereocenters. The molecule has 2 aromatic rings. The third kappa shape index (κ3) is 5.11. The van der Waals surface area contributed by atoms with Crippen LogP contribution in [0.4, 0.5) is 16.2 Å². The Hall–Kier alpha value is -1.79. The van der Waals surface area contributed by atoms with E-state index in [1.807, 2.05) is 24.3 Å². The highest BCUT2D eigenvalue weighted by Crippen LogP contribution is 2.20. The first-order valence-corrected chi connectivity index (χ1v) is 9.40. The van der Waals surface area contributed by atoms with Gasteiger partial charge in [-0.25, -0.2) is 9.78 Å². The topological polar surface area (TPSA) is 66.0 Å². The van der Waals surface area contributed by atoms with Crippen LogP contribution >= 0.6 is 22.9 Å². The van der Waals surface area contributed by atoms with Gasteiger partial charge in [0.25, 0.3) is 0 Å². The van der Waals surface area contributed by atoms with Gasteiger partial charge in [-0.05, 0) is 37.1 Å². The summed E-state index contributed by atoms with van der Waals surface area (Å²) >= 11 is 7.28. The second-order valence-corrected chi connectivity index (χ2v) is 7.64. The summed E-state index contributed by atoms with van der Waals surface area (Å²) in [7, 11) is 0. The van der Waals surface area contributed by atoms with Crippen molar-refractivity contribution in [2.24, 2.45) is 0 Å². The summed E-state index contributed by atoms with van der Waals surface area (Å²) in [6.45, 7) is 0.680. The van der Waals surface area contributed by atoms with Crippen molar-refractivity contribution < 1.29 is 4.79 Å². The molecule has 3 rings (SSSR count). The number of carbonyl (C=O) groups excluding carboxylic acids is 1. The van der Waals surface area contributed by atoms with Gasteiger partial charge in [0.15, 0.2) is 4.47 Å². The fourth-order valence-electron chi connectivity index (χ4n) is 2.83. The molecule has 7 heteroatoms. The Kier molecular flexibility index (Phi) is 5.93. The van der Waals surface area contributed by atoms with Gasteiger partial charge in [-0.3, -0.25) is 0 Å². The zero-order chi connectivity index (χ0) is 16.8. The number of nitrogens with one attached hydrogen (secondary N) is 3. The number of nitrogens with zero attached hydrogens (tertiary/aromatic N) is 1. The molecule has 0 radical (unpaired) electrons. The van der Waals surface area contributed by atoms with Crippen LogP contribution in [0, 0.1) is 0 Å². The molecule has 1 fully saturated rings. The van der Waals surface area contributed by atoms with E-state index in [1.165, 1.54) is 30.6 Å². The average molecular weight is 365 g/mol. The molecule has 1 aromatic carbocycles. The van der Waals surface area contributed by atoms with Crippen LogP contribution in [-0.2, 0) is 6.54 Å². The lowest BCUT2D eigenvalue weighted by molar-refractivity contribution is 0.244. The Morgan fingerprint density at radius 1 is 1.17 bits per heavy atom. The third-order valence-electron chi connectivity index (χ3n) is 4.08. The summed E-state index contributed by atoms with van der Waals surface area (Å²) in [5.41, 5.74) is 1.77. The van der Waals surface area contributed by atoms with E-state index in [9.17, 15) is 4.79 Å². The summed E-state index contributed by atoms with van der Waals surface area (Å²) in [6.07, 6.45) is 7.62. The number of aromatic nitrogens is 1. The maximum absolute atomic E-state index is 12.0. The van der Waals surface area contributed by atoms with Gasteiger partial charge in [0, 0.05) is 28.5 Å². The van der Waals surface area contributed by atoms with Crippen molar-refractivity contribution >= 4 is 40.3 Å². The van der Waals surface area contributed by atoms with Crippen molar-refractivity contribution in [1.82, 2.24) is 10.3 Å². The van der Waals surface area contributed by atoms with Gasteiger partial charge < -0.3 is 16.0 Å². The van der Waals surface area contributed by atoms with Gasteiger partial charge in [0.05, 0.1) is 6.54 Å². The molecule has 1 aliphatic rings. The highest BCUT2D eigenvalue weighted by atomic mass is 35.5. The Morgan fingerprint density at radius 2 is 1.88 bits per heavy atom. The lowest BCUT2D eigenvalue weighted by atomic mass is 9.96. The average Bonchev–Trinajstić information content (AvgIpc) is 3.00. The van der Waals surface area contributed by atoms with Crippen molar-refractivity contribution in [2.75, 3.05) is 10.6 Å².